The highest BCUT2D eigenvalue weighted by Gasteiger charge is 1.79. The van der Waals surface area contributed by atoms with Gasteiger partial charge in [-0.25, -0.2) is 0 Å². The van der Waals surface area contributed by atoms with Crippen molar-refractivity contribution in [2.24, 2.45) is 0 Å². The second-order valence-corrected chi connectivity index (χ2v) is 1.84. The zero-order chi connectivity index (χ0) is 5.82. The van der Waals surface area contributed by atoms with Crippen LogP contribution in [0.25, 0.3) is 0 Å². The molecule has 0 aromatic heterocycles. The zero-order valence-corrected chi connectivity index (χ0v) is 5.09. The lowest BCUT2D eigenvalue weighted by Crippen LogP contribution is -1.73. The second-order valence-electron chi connectivity index (χ2n) is 1.84. The lowest BCUT2D eigenvalue weighted by Gasteiger charge is -1.89. The third-order valence-electron chi connectivity index (χ3n) is 1.25. The molecular formula is C8H14Si. The van der Waals surface area contributed by atoms with Crippen molar-refractivity contribution in [3.8, 4) is 0 Å². The maximum atomic E-state index is 2.16. The predicted octanol–water partition coefficient (Wildman–Crippen LogP) is 0.797. The van der Waals surface area contributed by atoms with E-state index in [1.807, 2.05) is 6.07 Å². The van der Waals surface area contributed by atoms with E-state index in [1.165, 1.54) is 5.56 Å². The van der Waals surface area contributed by atoms with Crippen molar-refractivity contribution in [2.75, 3.05) is 0 Å². The van der Waals surface area contributed by atoms with Gasteiger partial charge < -0.3 is 0 Å². The molecule has 0 fully saturated rings. The molecular weight excluding hydrogens is 124 g/mol. The molecule has 0 saturated heterocycles. The molecule has 0 radical (unpaired) electrons. The summed E-state index contributed by atoms with van der Waals surface area (Å²) < 4.78 is 0. The van der Waals surface area contributed by atoms with Crippen molar-refractivity contribution < 1.29 is 0 Å². The minimum atomic E-state index is 0. The first-order valence-electron chi connectivity index (χ1n) is 2.97. The fraction of sp³-hybridized carbons (Fsp3) is 0.250. The first-order chi connectivity index (χ1) is 3.93. The molecule has 0 bridgehead atoms. The van der Waals surface area contributed by atoms with Crippen LogP contribution in [0.5, 0.6) is 0 Å². The summed E-state index contributed by atoms with van der Waals surface area (Å²) in [5.41, 5.74) is 1.41. The lowest BCUT2D eigenvalue weighted by atomic mass is 10.2. The summed E-state index contributed by atoms with van der Waals surface area (Å²) in [4.78, 5) is 0. The molecule has 0 aliphatic rings. The van der Waals surface area contributed by atoms with Gasteiger partial charge in [0.15, 0.2) is 0 Å². The maximum Gasteiger partial charge on any atom is -0.0149 e. The van der Waals surface area contributed by atoms with Gasteiger partial charge >= 0.3 is 0 Å². The fourth-order valence-electron chi connectivity index (χ4n) is 0.714. The SMILES string of the molecule is CCc1ccccc1.[SiH4]. The quantitative estimate of drug-likeness (QED) is 0.504. The summed E-state index contributed by atoms with van der Waals surface area (Å²) in [5, 5.41) is 0. The average Bonchev–Trinajstić information content (AvgIpc) is 1.90. The van der Waals surface area contributed by atoms with Crippen LogP contribution in [-0.4, -0.2) is 11.0 Å². The third-order valence-corrected chi connectivity index (χ3v) is 1.25. The van der Waals surface area contributed by atoms with Gasteiger partial charge in [-0.2, -0.15) is 0 Å². The molecule has 0 spiro atoms. The Morgan fingerprint density at radius 3 is 2.00 bits per heavy atom. The van der Waals surface area contributed by atoms with E-state index >= 15 is 0 Å². The minimum Gasteiger partial charge on any atom is -0.0622 e. The molecule has 1 aromatic carbocycles. The summed E-state index contributed by atoms with van der Waals surface area (Å²) in [6.45, 7) is 2.16. The van der Waals surface area contributed by atoms with Crippen molar-refractivity contribution in [1.82, 2.24) is 0 Å². The van der Waals surface area contributed by atoms with Crippen LogP contribution in [0.4, 0.5) is 0 Å². The molecule has 0 aliphatic carbocycles. The van der Waals surface area contributed by atoms with Gasteiger partial charge in [0.05, 0.1) is 0 Å². The highest BCUT2D eigenvalue weighted by atomic mass is 28.1. The molecule has 0 amide bonds. The maximum absolute atomic E-state index is 2.16. The van der Waals surface area contributed by atoms with Gasteiger partial charge in [-0.05, 0) is 22.9 Å². The molecule has 0 nitrogen and oxygen atoms in total. The van der Waals surface area contributed by atoms with E-state index in [1.54, 1.807) is 0 Å². The van der Waals surface area contributed by atoms with E-state index < -0.39 is 0 Å². The molecule has 0 atom stereocenters. The van der Waals surface area contributed by atoms with Gasteiger partial charge in [0.2, 0.25) is 0 Å². The van der Waals surface area contributed by atoms with Crippen molar-refractivity contribution in [2.45, 2.75) is 13.3 Å². The summed E-state index contributed by atoms with van der Waals surface area (Å²) in [5.74, 6) is 0. The Labute approximate surface area is 60.9 Å². The van der Waals surface area contributed by atoms with Gasteiger partial charge in [0, 0.05) is 0 Å². The average molecular weight is 138 g/mol. The van der Waals surface area contributed by atoms with Crippen molar-refractivity contribution in [3.05, 3.63) is 35.9 Å². The van der Waals surface area contributed by atoms with E-state index in [2.05, 4.69) is 31.2 Å². The van der Waals surface area contributed by atoms with Crippen LogP contribution in [0.1, 0.15) is 12.5 Å². The Hall–Kier alpha value is -0.563. The Kier molecular flexibility index (Phi) is 4.06. The predicted molar refractivity (Wildman–Crippen MR) is 47.2 cm³/mol. The van der Waals surface area contributed by atoms with Gasteiger partial charge in [-0.1, -0.05) is 37.3 Å². The van der Waals surface area contributed by atoms with Crippen LogP contribution in [0.2, 0.25) is 0 Å². The molecule has 50 valence electrons. The zero-order valence-electron chi connectivity index (χ0n) is 5.09. The number of aryl methyl sites for hydroxylation is 1. The smallest absolute Gasteiger partial charge is 0.0149 e. The highest BCUT2D eigenvalue weighted by Crippen LogP contribution is 1.96. The Morgan fingerprint density at radius 1 is 1.11 bits per heavy atom. The molecule has 0 N–H and O–H groups in total. The van der Waals surface area contributed by atoms with Crippen molar-refractivity contribution >= 4 is 11.0 Å². The number of hydrogen-bond acceptors (Lipinski definition) is 0. The summed E-state index contributed by atoms with van der Waals surface area (Å²) in [6.07, 6.45) is 1.14. The Balaban J connectivity index is 0.000000640. The van der Waals surface area contributed by atoms with Crippen LogP contribution in [0.3, 0.4) is 0 Å². The van der Waals surface area contributed by atoms with Crippen LogP contribution in [0, 0.1) is 0 Å². The van der Waals surface area contributed by atoms with Crippen LogP contribution in [-0.2, 0) is 6.42 Å². The molecule has 0 unspecified atom stereocenters. The van der Waals surface area contributed by atoms with E-state index in [-0.39, 0.29) is 11.0 Å². The molecule has 0 aliphatic heterocycles. The number of benzene rings is 1. The second kappa shape index (κ2) is 4.33. The summed E-state index contributed by atoms with van der Waals surface area (Å²) in [7, 11) is 0. The minimum absolute atomic E-state index is 0. The first kappa shape index (κ1) is 8.44. The van der Waals surface area contributed by atoms with Gasteiger partial charge in [0.25, 0.3) is 0 Å². The van der Waals surface area contributed by atoms with Gasteiger partial charge in [0.1, 0.15) is 0 Å². The monoisotopic (exact) mass is 138 g/mol. The molecule has 1 rings (SSSR count). The highest BCUT2D eigenvalue weighted by molar-refractivity contribution is 5.75. The normalized spacial score (nSPS) is 8.11. The van der Waals surface area contributed by atoms with Crippen LogP contribution < -0.4 is 0 Å². The third kappa shape index (κ3) is 2.47. The number of rotatable bonds is 1. The molecule has 0 heterocycles. The van der Waals surface area contributed by atoms with Crippen LogP contribution in [0.15, 0.2) is 30.3 Å². The fourth-order valence-corrected chi connectivity index (χ4v) is 0.714. The Bertz CT molecular complexity index is 146. The summed E-state index contributed by atoms with van der Waals surface area (Å²) in [6, 6.07) is 10.5. The standard InChI is InChI=1S/C8H10.H4Si/c1-2-8-6-4-3-5-7-8;/h3-7H,2H2,1H3;1H4. The topological polar surface area (TPSA) is 0 Å². The van der Waals surface area contributed by atoms with E-state index in [4.69, 9.17) is 0 Å². The molecule has 1 aromatic rings. The lowest BCUT2D eigenvalue weighted by molar-refractivity contribution is 1.14. The number of hydrogen-bond donors (Lipinski definition) is 0. The largest absolute Gasteiger partial charge is 0.0622 e. The van der Waals surface area contributed by atoms with E-state index in [0.29, 0.717) is 0 Å². The van der Waals surface area contributed by atoms with Crippen molar-refractivity contribution in [3.63, 3.8) is 0 Å². The van der Waals surface area contributed by atoms with Gasteiger partial charge in [-0.3, -0.25) is 0 Å². The van der Waals surface area contributed by atoms with Gasteiger partial charge in [-0.15, -0.1) is 0 Å². The van der Waals surface area contributed by atoms with E-state index in [0.717, 1.165) is 6.42 Å². The molecule has 0 saturated carbocycles. The summed E-state index contributed by atoms with van der Waals surface area (Å²) >= 11 is 0. The first-order valence-corrected chi connectivity index (χ1v) is 2.97. The van der Waals surface area contributed by atoms with E-state index in [9.17, 15) is 0 Å². The van der Waals surface area contributed by atoms with Crippen molar-refractivity contribution in [1.29, 1.82) is 0 Å². The molecule has 9 heavy (non-hydrogen) atoms. The Morgan fingerprint density at radius 2 is 1.67 bits per heavy atom. The molecule has 1 heteroatoms. The van der Waals surface area contributed by atoms with Crippen LogP contribution >= 0.6 is 0 Å².